The van der Waals surface area contributed by atoms with E-state index in [1.807, 2.05) is 18.0 Å². The number of carbonyl (C=O) groups is 3. The number of nitrogens with one attached hydrogen (secondary N) is 2. The highest BCUT2D eigenvalue weighted by atomic mass is 35.5. The number of benzene rings is 1. The Morgan fingerprint density at radius 3 is 2.61 bits per heavy atom. The Balaban J connectivity index is 0.00000385. The molecule has 0 radical (unpaired) electrons. The molecule has 0 aliphatic carbocycles. The first-order valence-electron chi connectivity index (χ1n) is 9.70. The average molecular weight is 495 g/mol. The van der Waals surface area contributed by atoms with Crippen molar-refractivity contribution >= 4 is 57.5 Å². The predicted octanol–water partition coefficient (Wildman–Crippen LogP) is 2.40. The van der Waals surface area contributed by atoms with Gasteiger partial charge in [0, 0.05) is 20.0 Å². The smallest absolute Gasteiger partial charge is 0.326 e. The molecule has 2 heterocycles. The zero-order valence-corrected chi connectivity index (χ0v) is 19.5. The lowest BCUT2D eigenvalue weighted by molar-refractivity contribution is -0.140. The zero-order chi connectivity index (χ0) is 23.4. The number of rotatable bonds is 9. The number of aliphatic carboxylic acids is 2. The number of carboxylic acids is 2. The van der Waals surface area contributed by atoms with Gasteiger partial charge in [-0.25, -0.2) is 9.78 Å². The van der Waals surface area contributed by atoms with Crippen molar-refractivity contribution in [2.75, 3.05) is 11.9 Å². The van der Waals surface area contributed by atoms with Crippen LogP contribution < -0.4 is 15.8 Å². The minimum absolute atomic E-state index is 0. The van der Waals surface area contributed by atoms with Crippen LogP contribution in [0.15, 0.2) is 35.1 Å². The maximum absolute atomic E-state index is 12.4. The van der Waals surface area contributed by atoms with E-state index in [0.717, 1.165) is 10.6 Å². The van der Waals surface area contributed by atoms with E-state index in [2.05, 4.69) is 15.3 Å². The van der Waals surface area contributed by atoms with Crippen molar-refractivity contribution in [2.24, 2.45) is 0 Å². The Kier molecular flexibility index (Phi) is 8.55. The number of halogens is 1. The second kappa shape index (κ2) is 10.9. The lowest BCUT2D eigenvalue weighted by atomic mass is 10.1. The van der Waals surface area contributed by atoms with E-state index in [4.69, 9.17) is 5.11 Å². The molecule has 0 bridgehead atoms. The average Bonchev–Trinajstić information content (AvgIpc) is 3.21. The molecule has 0 saturated heterocycles. The van der Waals surface area contributed by atoms with E-state index in [9.17, 15) is 24.3 Å². The van der Waals surface area contributed by atoms with Gasteiger partial charge < -0.3 is 25.4 Å². The largest absolute Gasteiger partial charge is 0.481 e. The van der Waals surface area contributed by atoms with E-state index in [1.165, 1.54) is 11.3 Å². The number of thiophene rings is 1. The molecule has 1 unspecified atom stereocenters. The Labute approximate surface area is 198 Å². The number of aromatic nitrogens is 2. The molecule has 12 heteroatoms. The first-order valence-corrected chi connectivity index (χ1v) is 10.5. The van der Waals surface area contributed by atoms with Crippen LogP contribution in [0.4, 0.5) is 5.00 Å². The summed E-state index contributed by atoms with van der Waals surface area (Å²) in [5, 5.41) is 21.6. The minimum atomic E-state index is -1.29. The third-order valence-electron chi connectivity index (χ3n) is 4.75. The summed E-state index contributed by atoms with van der Waals surface area (Å²) in [6.07, 6.45) is -0.566. The minimum Gasteiger partial charge on any atom is -0.481 e. The number of amides is 1. The van der Waals surface area contributed by atoms with Crippen LogP contribution in [-0.4, -0.2) is 51.1 Å². The number of aromatic amines is 1. The van der Waals surface area contributed by atoms with Gasteiger partial charge in [-0.2, -0.15) is 0 Å². The Morgan fingerprint density at radius 1 is 1.21 bits per heavy atom. The normalized spacial score (nSPS) is 11.5. The van der Waals surface area contributed by atoms with Crippen molar-refractivity contribution in [3.05, 3.63) is 57.0 Å². The topological polar surface area (TPSA) is 153 Å². The fourth-order valence-corrected chi connectivity index (χ4v) is 4.03. The highest BCUT2D eigenvalue weighted by molar-refractivity contribution is 7.17. The Hall–Kier alpha value is -3.44. The molecule has 1 amide bonds. The van der Waals surface area contributed by atoms with Crippen molar-refractivity contribution in [3.8, 4) is 0 Å². The van der Waals surface area contributed by atoms with Crippen molar-refractivity contribution in [3.63, 3.8) is 0 Å². The van der Waals surface area contributed by atoms with Gasteiger partial charge >= 0.3 is 11.9 Å². The van der Waals surface area contributed by atoms with Crippen LogP contribution in [0.2, 0.25) is 0 Å². The highest BCUT2D eigenvalue weighted by Crippen LogP contribution is 2.27. The summed E-state index contributed by atoms with van der Waals surface area (Å²) in [7, 11) is 1.84. The van der Waals surface area contributed by atoms with Crippen molar-refractivity contribution in [1.29, 1.82) is 0 Å². The number of hydrogen-bond acceptors (Lipinski definition) is 7. The molecule has 0 spiro atoms. The lowest BCUT2D eigenvalue weighted by Crippen LogP contribution is -2.40. The monoisotopic (exact) mass is 494 g/mol. The van der Waals surface area contributed by atoms with Crippen LogP contribution >= 0.6 is 23.7 Å². The maximum Gasteiger partial charge on any atom is 0.326 e. The van der Waals surface area contributed by atoms with Crippen molar-refractivity contribution in [2.45, 2.75) is 32.4 Å². The van der Waals surface area contributed by atoms with Crippen LogP contribution in [0, 0.1) is 6.92 Å². The van der Waals surface area contributed by atoms with Crippen LogP contribution in [0.3, 0.4) is 0 Å². The second-order valence-electron chi connectivity index (χ2n) is 7.29. The van der Waals surface area contributed by atoms with Crippen LogP contribution in [0.25, 0.3) is 10.9 Å². The summed E-state index contributed by atoms with van der Waals surface area (Å²) in [5.74, 6) is -2.45. The molecule has 2 aromatic heterocycles. The first kappa shape index (κ1) is 25.8. The second-order valence-corrected chi connectivity index (χ2v) is 8.36. The van der Waals surface area contributed by atoms with Crippen LogP contribution in [-0.2, 0) is 16.1 Å². The molecule has 0 aliphatic heterocycles. The first-order chi connectivity index (χ1) is 15.1. The van der Waals surface area contributed by atoms with E-state index < -0.39 is 23.9 Å². The highest BCUT2D eigenvalue weighted by Gasteiger charge is 2.22. The molecule has 10 nitrogen and oxygen atoms in total. The fourth-order valence-electron chi connectivity index (χ4n) is 3.16. The summed E-state index contributed by atoms with van der Waals surface area (Å²) in [4.78, 5) is 55.8. The summed E-state index contributed by atoms with van der Waals surface area (Å²) >= 11 is 1.18. The number of fused-ring (bicyclic) bond motifs is 1. The summed E-state index contributed by atoms with van der Waals surface area (Å²) in [6, 6.07) is 7.49. The van der Waals surface area contributed by atoms with Gasteiger partial charge in [-0.1, -0.05) is 6.07 Å². The van der Waals surface area contributed by atoms with Gasteiger partial charge in [0.1, 0.15) is 11.9 Å². The number of nitrogens with zero attached hydrogens (tertiary/aromatic N) is 2. The molecule has 33 heavy (non-hydrogen) atoms. The zero-order valence-electron chi connectivity index (χ0n) is 17.8. The molecule has 0 fully saturated rings. The Morgan fingerprint density at radius 2 is 1.94 bits per heavy atom. The lowest BCUT2D eigenvalue weighted by Gasteiger charge is -2.17. The molecule has 3 aromatic rings. The Bertz CT molecular complexity index is 1240. The number of H-pyrrole nitrogens is 1. The SMILES string of the molecule is Cc1nc2ccc(CN(C)c3ccc(C(=O)NC(CCC(=O)O)C(=O)O)s3)cc2c(=O)[nH]1.Cl. The molecular weight excluding hydrogens is 472 g/mol. The standard InChI is InChI=1S/C21H22N4O6S.ClH/c1-11-22-14-4-3-12(9-13(14)19(28)23-11)10-25(2)17-7-6-16(32-17)20(29)24-15(21(30)31)5-8-18(26)27;/h3-4,6-7,9,15H,5,8,10H2,1-2H3,(H,24,29)(H,26,27)(H,30,31)(H,22,23,28);1H. The van der Waals surface area contributed by atoms with E-state index in [1.54, 1.807) is 31.2 Å². The third kappa shape index (κ3) is 6.53. The molecule has 1 aromatic carbocycles. The van der Waals surface area contributed by atoms with E-state index in [-0.39, 0.29) is 30.8 Å². The summed E-state index contributed by atoms with van der Waals surface area (Å²) < 4.78 is 0. The van der Waals surface area contributed by atoms with Gasteiger partial charge in [0.2, 0.25) is 0 Å². The van der Waals surface area contributed by atoms with Gasteiger partial charge in [0.15, 0.2) is 0 Å². The third-order valence-corrected chi connectivity index (χ3v) is 5.95. The quantitative estimate of drug-likeness (QED) is 0.353. The molecule has 0 saturated carbocycles. The number of carbonyl (C=O) groups excluding carboxylic acids is 1. The van der Waals surface area contributed by atoms with Gasteiger partial charge in [-0.05, 0) is 43.2 Å². The molecule has 0 aliphatic rings. The van der Waals surface area contributed by atoms with Gasteiger partial charge in [0.05, 0.1) is 20.8 Å². The van der Waals surface area contributed by atoms with Crippen LogP contribution in [0.1, 0.15) is 33.9 Å². The molecule has 3 rings (SSSR count). The predicted molar refractivity (Wildman–Crippen MR) is 127 cm³/mol. The van der Waals surface area contributed by atoms with Gasteiger partial charge in [-0.15, -0.1) is 23.7 Å². The maximum atomic E-state index is 12.4. The summed E-state index contributed by atoms with van der Waals surface area (Å²) in [6.45, 7) is 2.19. The van der Waals surface area contributed by atoms with E-state index >= 15 is 0 Å². The fraction of sp³-hybridized carbons (Fsp3) is 0.286. The number of aryl methyl sites for hydroxylation is 1. The number of anilines is 1. The summed E-state index contributed by atoms with van der Waals surface area (Å²) in [5.41, 5.74) is 1.29. The van der Waals surface area contributed by atoms with E-state index in [0.29, 0.717) is 28.1 Å². The van der Waals surface area contributed by atoms with Crippen molar-refractivity contribution < 1.29 is 24.6 Å². The van der Waals surface area contributed by atoms with Crippen LogP contribution in [0.5, 0.6) is 0 Å². The molecule has 1 atom stereocenters. The number of hydrogen-bond donors (Lipinski definition) is 4. The van der Waals surface area contributed by atoms with Crippen molar-refractivity contribution in [1.82, 2.24) is 15.3 Å². The molecular formula is C21H23ClN4O6S. The molecule has 4 N–H and O–H groups in total. The molecule has 176 valence electrons. The number of carboxylic acid groups (broad SMARTS) is 2. The van der Waals surface area contributed by atoms with Gasteiger partial charge in [-0.3, -0.25) is 14.4 Å². The van der Waals surface area contributed by atoms with Gasteiger partial charge in [0.25, 0.3) is 11.5 Å².